The molecule has 21 heavy (non-hydrogen) atoms. The lowest BCUT2D eigenvalue weighted by atomic mass is 10.1. The molecule has 0 spiro atoms. The van der Waals surface area contributed by atoms with Crippen LogP contribution in [0.3, 0.4) is 0 Å². The average molecular weight is 344 g/mol. The number of hydrogen-bond acceptors (Lipinski definition) is 2. The van der Waals surface area contributed by atoms with E-state index < -0.39 is 0 Å². The maximum absolute atomic E-state index is 12.0. The van der Waals surface area contributed by atoms with Gasteiger partial charge in [0, 0.05) is 29.7 Å². The number of amides is 1. The molecule has 0 saturated heterocycles. The van der Waals surface area contributed by atoms with Gasteiger partial charge in [-0.05, 0) is 46.1 Å². The second-order valence-electron chi connectivity index (χ2n) is 4.75. The van der Waals surface area contributed by atoms with E-state index in [0.717, 1.165) is 11.1 Å². The second-order valence-corrected chi connectivity index (χ2v) is 5.50. The standard InChI is InChI=1S/C16H14BrN3O/c17-16-14(6-3-9-18-16)20-15(21)8-7-11-10-19-13-5-2-1-4-12(11)13/h1-6,9-10,19H,7-8H2,(H,20,21). The molecule has 2 N–H and O–H groups in total. The summed E-state index contributed by atoms with van der Waals surface area (Å²) < 4.78 is 0.644. The molecule has 0 aliphatic heterocycles. The first-order valence-corrected chi connectivity index (χ1v) is 7.49. The van der Waals surface area contributed by atoms with Crippen molar-refractivity contribution < 1.29 is 4.79 Å². The normalized spacial score (nSPS) is 10.7. The molecule has 1 aromatic carbocycles. The number of aromatic amines is 1. The fourth-order valence-corrected chi connectivity index (χ4v) is 2.63. The van der Waals surface area contributed by atoms with Gasteiger partial charge in [-0.1, -0.05) is 18.2 Å². The predicted molar refractivity (Wildman–Crippen MR) is 87.2 cm³/mol. The number of aryl methyl sites for hydroxylation is 1. The zero-order chi connectivity index (χ0) is 14.7. The van der Waals surface area contributed by atoms with Gasteiger partial charge in [0.15, 0.2) is 0 Å². The highest BCUT2D eigenvalue weighted by Gasteiger charge is 2.08. The van der Waals surface area contributed by atoms with Crippen molar-refractivity contribution in [2.45, 2.75) is 12.8 Å². The van der Waals surface area contributed by atoms with Gasteiger partial charge in [0.2, 0.25) is 5.91 Å². The summed E-state index contributed by atoms with van der Waals surface area (Å²) in [6.45, 7) is 0. The van der Waals surface area contributed by atoms with Crippen LogP contribution < -0.4 is 5.32 Å². The van der Waals surface area contributed by atoms with Crippen LogP contribution in [0.5, 0.6) is 0 Å². The molecule has 0 unspecified atom stereocenters. The number of H-pyrrole nitrogens is 1. The first-order chi connectivity index (χ1) is 10.2. The molecular formula is C16H14BrN3O. The molecular weight excluding hydrogens is 330 g/mol. The minimum absolute atomic E-state index is 0.0195. The van der Waals surface area contributed by atoms with E-state index in [-0.39, 0.29) is 5.91 Å². The van der Waals surface area contributed by atoms with Crippen LogP contribution in [-0.4, -0.2) is 15.9 Å². The number of nitrogens with one attached hydrogen (secondary N) is 2. The third-order valence-corrected chi connectivity index (χ3v) is 3.96. The summed E-state index contributed by atoms with van der Waals surface area (Å²) in [5.74, 6) is -0.0195. The number of pyridine rings is 1. The van der Waals surface area contributed by atoms with Gasteiger partial charge in [-0.25, -0.2) is 4.98 Å². The first-order valence-electron chi connectivity index (χ1n) is 6.69. The van der Waals surface area contributed by atoms with E-state index >= 15 is 0 Å². The number of rotatable bonds is 4. The number of para-hydroxylation sites is 1. The SMILES string of the molecule is O=C(CCc1c[nH]c2ccccc12)Nc1cccnc1Br. The largest absolute Gasteiger partial charge is 0.361 e. The van der Waals surface area contributed by atoms with Crippen molar-refractivity contribution in [3.63, 3.8) is 0 Å². The van der Waals surface area contributed by atoms with Gasteiger partial charge in [-0.3, -0.25) is 4.79 Å². The highest BCUT2D eigenvalue weighted by Crippen LogP contribution is 2.21. The monoisotopic (exact) mass is 343 g/mol. The fourth-order valence-electron chi connectivity index (χ4n) is 2.28. The van der Waals surface area contributed by atoms with Crippen molar-refractivity contribution in [2.24, 2.45) is 0 Å². The van der Waals surface area contributed by atoms with E-state index in [1.807, 2.05) is 30.5 Å². The lowest BCUT2D eigenvalue weighted by molar-refractivity contribution is -0.116. The van der Waals surface area contributed by atoms with Gasteiger partial charge in [-0.2, -0.15) is 0 Å². The lowest BCUT2D eigenvalue weighted by Crippen LogP contribution is -2.12. The molecule has 0 saturated carbocycles. The van der Waals surface area contributed by atoms with Crippen LogP contribution >= 0.6 is 15.9 Å². The summed E-state index contributed by atoms with van der Waals surface area (Å²) in [4.78, 5) is 19.3. The highest BCUT2D eigenvalue weighted by atomic mass is 79.9. The Morgan fingerprint density at radius 2 is 2.10 bits per heavy atom. The Morgan fingerprint density at radius 1 is 1.24 bits per heavy atom. The zero-order valence-corrected chi connectivity index (χ0v) is 12.9. The lowest BCUT2D eigenvalue weighted by Gasteiger charge is -2.06. The Hall–Kier alpha value is -2.14. The summed E-state index contributed by atoms with van der Waals surface area (Å²) in [7, 11) is 0. The third-order valence-electron chi connectivity index (χ3n) is 3.33. The number of carbonyl (C=O) groups excluding carboxylic acids is 1. The van der Waals surface area contributed by atoms with Crippen molar-refractivity contribution in [2.75, 3.05) is 5.32 Å². The molecule has 0 aliphatic rings. The Labute approximate surface area is 130 Å². The number of nitrogens with zero attached hydrogens (tertiary/aromatic N) is 1. The predicted octanol–water partition coefficient (Wildman–Crippen LogP) is 3.90. The topological polar surface area (TPSA) is 57.8 Å². The second kappa shape index (κ2) is 6.10. The van der Waals surface area contributed by atoms with E-state index in [4.69, 9.17) is 0 Å². The van der Waals surface area contributed by atoms with E-state index in [2.05, 4.69) is 37.3 Å². The highest BCUT2D eigenvalue weighted by molar-refractivity contribution is 9.10. The molecule has 2 aromatic heterocycles. The Bertz CT molecular complexity index is 782. The van der Waals surface area contributed by atoms with Crippen LogP contribution in [0.1, 0.15) is 12.0 Å². The van der Waals surface area contributed by atoms with Gasteiger partial charge < -0.3 is 10.3 Å². The molecule has 0 fully saturated rings. The summed E-state index contributed by atoms with van der Waals surface area (Å²) in [6, 6.07) is 11.7. The van der Waals surface area contributed by atoms with E-state index in [1.54, 1.807) is 12.3 Å². The number of carbonyl (C=O) groups is 1. The molecule has 3 aromatic rings. The summed E-state index contributed by atoms with van der Waals surface area (Å²) in [6.07, 6.45) is 4.78. The number of fused-ring (bicyclic) bond motifs is 1. The molecule has 1 amide bonds. The molecule has 106 valence electrons. The Balaban J connectivity index is 1.65. The van der Waals surface area contributed by atoms with Crippen molar-refractivity contribution >= 4 is 38.4 Å². The van der Waals surface area contributed by atoms with Crippen molar-refractivity contribution in [3.8, 4) is 0 Å². The number of aromatic nitrogens is 2. The molecule has 2 heterocycles. The number of halogens is 1. The van der Waals surface area contributed by atoms with E-state index in [9.17, 15) is 4.79 Å². The molecule has 5 heteroatoms. The molecule has 3 rings (SSSR count). The first kappa shape index (κ1) is 13.8. The van der Waals surface area contributed by atoms with Gasteiger partial charge in [0.25, 0.3) is 0 Å². The van der Waals surface area contributed by atoms with Crippen LogP contribution in [0.2, 0.25) is 0 Å². The minimum atomic E-state index is -0.0195. The maximum Gasteiger partial charge on any atom is 0.224 e. The van der Waals surface area contributed by atoms with Crippen molar-refractivity contribution in [1.82, 2.24) is 9.97 Å². The van der Waals surface area contributed by atoms with E-state index in [1.165, 1.54) is 5.39 Å². The van der Waals surface area contributed by atoms with Crippen LogP contribution in [0.25, 0.3) is 10.9 Å². The number of benzene rings is 1. The van der Waals surface area contributed by atoms with Gasteiger partial charge in [-0.15, -0.1) is 0 Å². The summed E-state index contributed by atoms with van der Waals surface area (Å²) >= 11 is 3.32. The van der Waals surface area contributed by atoms with Crippen molar-refractivity contribution in [3.05, 3.63) is 59.0 Å². The number of hydrogen-bond donors (Lipinski definition) is 2. The molecule has 0 aliphatic carbocycles. The quantitative estimate of drug-likeness (QED) is 0.706. The van der Waals surface area contributed by atoms with Crippen LogP contribution in [0.4, 0.5) is 5.69 Å². The smallest absolute Gasteiger partial charge is 0.224 e. The van der Waals surface area contributed by atoms with Gasteiger partial charge in [0.1, 0.15) is 4.60 Å². The Kier molecular flexibility index (Phi) is 4.01. The van der Waals surface area contributed by atoms with E-state index in [0.29, 0.717) is 23.1 Å². The maximum atomic E-state index is 12.0. The summed E-state index contributed by atoms with van der Waals surface area (Å²) in [5, 5.41) is 4.04. The summed E-state index contributed by atoms with van der Waals surface area (Å²) in [5.41, 5.74) is 2.95. The molecule has 0 bridgehead atoms. The Morgan fingerprint density at radius 3 is 2.95 bits per heavy atom. The molecule has 4 nitrogen and oxygen atoms in total. The van der Waals surface area contributed by atoms with Gasteiger partial charge in [0.05, 0.1) is 5.69 Å². The molecule has 0 radical (unpaired) electrons. The molecule has 0 atom stereocenters. The average Bonchev–Trinajstić information content (AvgIpc) is 2.91. The zero-order valence-electron chi connectivity index (χ0n) is 11.3. The van der Waals surface area contributed by atoms with Crippen molar-refractivity contribution in [1.29, 1.82) is 0 Å². The fraction of sp³-hybridized carbons (Fsp3) is 0.125. The van der Waals surface area contributed by atoms with Crippen LogP contribution in [0.15, 0.2) is 53.4 Å². The minimum Gasteiger partial charge on any atom is -0.361 e. The van der Waals surface area contributed by atoms with Crippen LogP contribution in [0, 0.1) is 0 Å². The van der Waals surface area contributed by atoms with Gasteiger partial charge >= 0.3 is 0 Å². The third kappa shape index (κ3) is 3.13. The van der Waals surface area contributed by atoms with Crippen LogP contribution in [-0.2, 0) is 11.2 Å². The number of anilines is 1.